The van der Waals surface area contributed by atoms with E-state index in [-0.39, 0.29) is 23.6 Å². The summed E-state index contributed by atoms with van der Waals surface area (Å²) < 4.78 is 6.82. The number of ether oxygens (including phenoxy) is 1. The number of pyridine rings is 1. The highest BCUT2D eigenvalue weighted by molar-refractivity contribution is 5.96. The van der Waals surface area contributed by atoms with E-state index in [4.69, 9.17) is 4.74 Å². The van der Waals surface area contributed by atoms with Crippen molar-refractivity contribution in [1.29, 1.82) is 0 Å². The molecule has 0 unspecified atom stereocenters. The fourth-order valence-electron chi connectivity index (χ4n) is 2.69. The number of hydrogen-bond acceptors (Lipinski definition) is 3. The highest BCUT2D eigenvalue weighted by Gasteiger charge is 2.10. The van der Waals surface area contributed by atoms with Gasteiger partial charge in [-0.1, -0.05) is 61.5 Å². The smallest absolute Gasteiger partial charge is 0.293 e. The van der Waals surface area contributed by atoms with Crippen LogP contribution in [0, 0.1) is 0 Å². The van der Waals surface area contributed by atoms with E-state index in [1.807, 2.05) is 49.4 Å². The first-order chi connectivity index (χ1) is 12.7. The molecule has 0 saturated carbocycles. The number of hydrogen-bond donors (Lipinski definition) is 0. The minimum atomic E-state index is -0.282. The van der Waals surface area contributed by atoms with E-state index in [1.54, 1.807) is 30.5 Å². The van der Waals surface area contributed by atoms with Gasteiger partial charge in [-0.05, 0) is 29.7 Å². The number of aromatic nitrogens is 1. The average molecular weight is 347 g/mol. The minimum absolute atomic E-state index is 0.00710. The Morgan fingerprint density at radius 1 is 0.923 bits per heavy atom. The van der Waals surface area contributed by atoms with E-state index in [0.717, 1.165) is 17.5 Å². The molecule has 1 aromatic heterocycles. The lowest BCUT2D eigenvalue weighted by Gasteiger charge is -2.09. The molecule has 0 fully saturated rings. The molecule has 2 aromatic carbocycles. The summed E-state index contributed by atoms with van der Waals surface area (Å²) in [4.78, 5) is 24.9. The van der Waals surface area contributed by atoms with Crippen LogP contribution in [0.25, 0.3) is 11.1 Å². The first-order valence-corrected chi connectivity index (χ1v) is 8.70. The SMILES string of the molecule is CCCOc1cccn(CC(=O)c2ccc(-c3ccccc3)cc2)c1=O. The van der Waals surface area contributed by atoms with Crippen LogP contribution in [0.15, 0.2) is 77.7 Å². The van der Waals surface area contributed by atoms with Crippen LogP contribution >= 0.6 is 0 Å². The van der Waals surface area contributed by atoms with Gasteiger partial charge in [-0.15, -0.1) is 0 Å². The number of ketones is 1. The van der Waals surface area contributed by atoms with Gasteiger partial charge in [0.05, 0.1) is 13.2 Å². The Kier molecular flexibility index (Phi) is 5.64. The summed E-state index contributed by atoms with van der Waals surface area (Å²) in [6.07, 6.45) is 2.43. The van der Waals surface area contributed by atoms with Crippen molar-refractivity contribution in [2.75, 3.05) is 6.61 Å². The normalized spacial score (nSPS) is 10.5. The Morgan fingerprint density at radius 3 is 2.31 bits per heavy atom. The number of benzene rings is 2. The number of carbonyl (C=O) groups is 1. The summed E-state index contributed by atoms with van der Waals surface area (Å²) >= 11 is 0. The number of nitrogens with zero attached hydrogens (tertiary/aromatic N) is 1. The molecule has 0 aliphatic rings. The van der Waals surface area contributed by atoms with E-state index < -0.39 is 0 Å². The second-order valence-corrected chi connectivity index (χ2v) is 6.02. The van der Waals surface area contributed by atoms with Crippen LogP contribution in [-0.2, 0) is 6.54 Å². The third kappa shape index (κ3) is 4.09. The second kappa shape index (κ2) is 8.30. The Balaban J connectivity index is 1.75. The standard InChI is InChI=1S/C22H21NO3/c1-2-15-26-21-9-6-14-23(22(21)25)16-20(24)19-12-10-18(11-13-19)17-7-4-3-5-8-17/h3-14H,2,15-16H2,1H3. The first kappa shape index (κ1) is 17.7. The average Bonchev–Trinajstić information content (AvgIpc) is 2.69. The first-order valence-electron chi connectivity index (χ1n) is 8.70. The Bertz CT molecular complexity index is 928. The Hall–Kier alpha value is -3.14. The lowest BCUT2D eigenvalue weighted by molar-refractivity contribution is 0.0970. The maximum absolute atomic E-state index is 12.5. The predicted octanol–water partition coefficient (Wildman–Crippen LogP) is 4.19. The largest absolute Gasteiger partial charge is 0.488 e. The molecule has 4 heteroatoms. The Labute approximate surface area is 152 Å². The maximum atomic E-state index is 12.5. The molecule has 3 aromatic rings. The minimum Gasteiger partial charge on any atom is -0.488 e. The summed E-state index contributed by atoms with van der Waals surface area (Å²) in [5.74, 6) is 0.168. The molecule has 0 N–H and O–H groups in total. The van der Waals surface area contributed by atoms with E-state index in [1.165, 1.54) is 4.57 Å². The molecule has 1 heterocycles. The van der Waals surface area contributed by atoms with Crippen molar-refractivity contribution in [3.63, 3.8) is 0 Å². The molecule has 132 valence electrons. The fourth-order valence-corrected chi connectivity index (χ4v) is 2.69. The van der Waals surface area contributed by atoms with Gasteiger partial charge in [0.15, 0.2) is 11.5 Å². The van der Waals surface area contributed by atoms with Gasteiger partial charge in [0.2, 0.25) is 0 Å². The number of rotatable bonds is 7. The van der Waals surface area contributed by atoms with Crippen LogP contribution in [0.5, 0.6) is 5.75 Å². The molecule has 0 bridgehead atoms. The second-order valence-electron chi connectivity index (χ2n) is 6.02. The molecule has 0 amide bonds. The van der Waals surface area contributed by atoms with Crippen LogP contribution < -0.4 is 10.3 Å². The van der Waals surface area contributed by atoms with Crippen molar-refractivity contribution in [2.24, 2.45) is 0 Å². The van der Waals surface area contributed by atoms with Crippen LogP contribution in [0.1, 0.15) is 23.7 Å². The van der Waals surface area contributed by atoms with Gasteiger partial charge in [0.1, 0.15) is 0 Å². The van der Waals surface area contributed by atoms with Crippen molar-refractivity contribution >= 4 is 5.78 Å². The van der Waals surface area contributed by atoms with Crippen molar-refractivity contribution in [3.05, 3.63) is 88.8 Å². The van der Waals surface area contributed by atoms with Crippen molar-refractivity contribution in [3.8, 4) is 16.9 Å². The lowest BCUT2D eigenvalue weighted by atomic mass is 10.0. The fraction of sp³-hybridized carbons (Fsp3) is 0.182. The van der Waals surface area contributed by atoms with Crippen LogP contribution in [-0.4, -0.2) is 17.0 Å². The van der Waals surface area contributed by atoms with Gasteiger partial charge in [-0.2, -0.15) is 0 Å². The van der Waals surface area contributed by atoms with Gasteiger partial charge in [-0.3, -0.25) is 9.59 Å². The molecule has 0 radical (unpaired) electrons. The monoisotopic (exact) mass is 347 g/mol. The highest BCUT2D eigenvalue weighted by atomic mass is 16.5. The van der Waals surface area contributed by atoms with E-state index in [9.17, 15) is 9.59 Å². The van der Waals surface area contributed by atoms with Gasteiger partial charge in [0.25, 0.3) is 5.56 Å². The summed E-state index contributed by atoms with van der Waals surface area (Å²) in [5, 5.41) is 0. The topological polar surface area (TPSA) is 48.3 Å². The molecule has 26 heavy (non-hydrogen) atoms. The predicted molar refractivity (Wildman–Crippen MR) is 103 cm³/mol. The van der Waals surface area contributed by atoms with E-state index in [0.29, 0.717) is 12.2 Å². The number of carbonyl (C=O) groups excluding carboxylic acids is 1. The van der Waals surface area contributed by atoms with Crippen molar-refractivity contribution in [2.45, 2.75) is 19.9 Å². The van der Waals surface area contributed by atoms with Crippen LogP contribution in [0.2, 0.25) is 0 Å². The van der Waals surface area contributed by atoms with Gasteiger partial charge in [-0.25, -0.2) is 0 Å². The Morgan fingerprint density at radius 2 is 1.62 bits per heavy atom. The molecule has 4 nitrogen and oxygen atoms in total. The molecule has 0 aliphatic heterocycles. The summed E-state index contributed by atoms with van der Waals surface area (Å²) in [6, 6.07) is 20.8. The van der Waals surface area contributed by atoms with Crippen LogP contribution in [0.4, 0.5) is 0 Å². The van der Waals surface area contributed by atoms with Crippen molar-refractivity contribution in [1.82, 2.24) is 4.57 Å². The highest BCUT2D eigenvalue weighted by Crippen LogP contribution is 2.19. The quantitative estimate of drug-likeness (QED) is 0.602. The summed E-state index contributed by atoms with van der Waals surface area (Å²) in [5.41, 5.74) is 2.45. The zero-order chi connectivity index (χ0) is 18.4. The molecule has 3 rings (SSSR count). The molecular formula is C22H21NO3. The van der Waals surface area contributed by atoms with Crippen LogP contribution in [0.3, 0.4) is 0 Å². The maximum Gasteiger partial charge on any atom is 0.293 e. The molecule has 0 saturated heterocycles. The molecule has 0 spiro atoms. The molecule has 0 aliphatic carbocycles. The van der Waals surface area contributed by atoms with Crippen molar-refractivity contribution < 1.29 is 9.53 Å². The van der Waals surface area contributed by atoms with Gasteiger partial charge >= 0.3 is 0 Å². The van der Waals surface area contributed by atoms with E-state index in [2.05, 4.69) is 0 Å². The van der Waals surface area contributed by atoms with E-state index >= 15 is 0 Å². The zero-order valence-corrected chi connectivity index (χ0v) is 14.7. The summed E-state index contributed by atoms with van der Waals surface area (Å²) in [6.45, 7) is 2.45. The van der Waals surface area contributed by atoms with Gasteiger partial charge in [0, 0.05) is 11.8 Å². The molecule has 0 atom stereocenters. The van der Waals surface area contributed by atoms with Gasteiger partial charge < -0.3 is 9.30 Å². The number of Topliss-reactive ketones (excluding diaryl/α,β-unsaturated/α-hetero) is 1. The summed E-state index contributed by atoms with van der Waals surface area (Å²) in [7, 11) is 0. The lowest BCUT2D eigenvalue weighted by Crippen LogP contribution is -2.25. The third-order valence-electron chi connectivity index (χ3n) is 4.07. The molecular weight excluding hydrogens is 326 g/mol. The third-order valence-corrected chi connectivity index (χ3v) is 4.07. The zero-order valence-electron chi connectivity index (χ0n) is 14.7.